The van der Waals surface area contributed by atoms with Crippen molar-refractivity contribution in [1.29, 1.82) is 0 Å². The van der Waals surface area contributed by atoms with Gasteiger partial charge in [-0.05, 0) is 25.7 Å². The summed E-state index contributed by atoms with van der Waals surface area (Å²) in [7, 11) is 3.12. The zero-order valence-corrected chi connectivity index (χ0v) is 18.1. The fraction of sp³-hybridized carbons (Fsp3) is 0.857. The molecule has 0 radical (unpaired) electrons. The number of hydrogen-bond donors (Lipinski definition) is 3. The van der Waals surface area contributed by atoms with Crippen molar-refractivity contribution in [1.82, 2.24) is 15.5 Å². The van der Waals surface area contributed by atoms with E-state index in [9.17, 15) is 14.4 Å². The lowest BCUT2D eigenvalue weighted by Crippen LogP contribution is -2.40. The molecule has 0 aromatic heterocycles. The first-order chi connectivity index (χ1) is 13.9. The third-order valence-electron chi connectivity index (χ3n) is 5.32. The average Bonchev–Trinajstić information content (AvgIpc) is 2.71. The number of carboxylic acids is 1. The Kier molecular flexibility index (Phi) is 13.3. The lowest BCUT2D eigenvalue weighted by molar-refractivity contribution is -0.151. The largest absolute Gasteiger partial charge is 0.480 e. The minimum atomic E-state index is -0.990. The van der Waals surface area contributed by atoms with Crippen molar-refractivity contribution < 1.29 is 24.2 Å². The molecular weight excluding hydrogens is 374 g/mol. The van der Waals surface area contributed by atoms with Crippen LogP contribution in [-0.4, -0.2) is 73.7 Å². The van der Waals surface area contributed by atoms with Gasteiger partial charge < -0.3 is 25.4 Å². The number of amides is 1. The summed E-state index contributed by atoms with van der Waals surface area (Å²) >= 11 is 0. The lowest BCUT2D eigenvalue weighted by atomic mass is 9.91. The maximum absolute atomic E-state index is 11.0. The number of aliphatic carboxylic acids is 1. The molecule has 2 aliphatic rings. The monoisotopic (exact) mass is 413 g/mol. The first-order valence-corrected chi connectivity index (χ1v) is 10.9. The van der Waals surface area contributed by atoms with Gasteiger partial charge in [0.1, 0.15) is 0 Å². The number of hydrogen-bond acceptors (Lipinski definition) is 6. The van der Waals surface area contributed by atoms with Crippen molar-refractivity contribution in [3.63, 3.8) is 0 Å². The van der Waals surface area contributed by atoms with Gasteiger partial charge >= 0.3 is 11.9 Å². The predicted molar refractivity (Wildman–Crippen MR) is 112 cm³/mol. The fourth-order valence-electron chi connectivity index (χ4n) is 3.60. The number of carbonyl (C=O) groups is 3. The van der Waals surface area contributed by atoms with E-state index >= 15 is 0 Å². The summed E-state index contributed by atoms with van der Waals surface area (Å²) in [6.45, 7) is -0.282. The molecule has 0 atom stereocenters. The number of rotatable bonds is 9. The van der Waals surface area contributed by atoms with Crippen LogP contribution in [0.5, 0.6) is 0 Å². The highest BCUT2D eigenvalue weighted by Gasteiger charge is 2.19. The smallest absolute Gasteiger partial charge is 0.317 e. The molecule has 0 unspecified atom stereocenters. The maximum atomic E-state index is 11.0. The van der Waals surface area contributed by atoms with E-state index in [0.29, 0.717) is 0 Å². The van der Waals surface area contributed by atoms with E-state index in [0.717, 1.165) is 12.1 Å². The fourth-order valence-corrected chi connectivity index (χ4v) is 3.60. The summed E-state index contributed by atoms with van der Waals surface area (Å²) in [6, 6.07) is 1.74. The molecule has 0 bridgehead atoms. The Morgan fingerprint density at radius 2 is 1.45 bits per heavy atom. The Morgan fingerprint density at radius 1 is 0.931 bits per heavy atom. The van der Waals surface area contributed by atoms with Gasteiger partial charge in [-0.2, -0.15) is 0 Å². The topological polar surface area (TPSA) is 108 Å². The summed E-state index contributed by atoms with van der Waals surface area (Å²) in [6.07, 6.45) is 14.6. The highest BCUT2D eigenvalue weighted by molar-refractivity contribution is 5.80. The summed E-state index contributed by atoms with van der Waals surface area (Å²) in [4.78, 5) is 33.5. The van der Waals surface area contributed by atoms with Crippen LogP contribution in [0.3, 0.4) is 0 Å². The van der Waals surface area contributed by atoms with Crippen molar-refractivity contribution >= 4 is 17.8 Å². The van der Waals surface area contributed by atoms with E-state index in [1.165, 1.54) is 69.1 Å². The van der Waals surface area contributed by atoms with Crippen LogP contribution in [0, 0.1) is 0 Å². The summed E-state index contributed by atoms with van der Waals surface area (Å²) in [5.74, 6) is -1.82. The van der Waals surface area contributed by atoms with E-state index in [2.05, 4.69) is 15.4 Å². The molecule has 2 rings (SSSR count). The highest BCUT2D eigenvalue weighted by Crippen LogP contribution is 2.22. The molecule has 168 valence electrons. The summed E-state index contributed by atoms with van der Waals surface area (Å²) < 4.78 is 4.65. The van der Waals surface area contributed by atoms with Crippen molar-refractivity contribution in [2.45, 2.75) is 82.7 Å². The number of carbonyl (C=O) groups excluding carboxylic acids is 2. The number of esters is 1. The molecule has 0 saturated heterocycles. The minimum absolute atomic E-state index is 0.0357. The quantitative estimate of drug-likeness (QED) is 0.391. The highest BCUT2D eigenvalue weighted by atomic mass is 16.5. The van der Waals surface area contributed by atoms with Gasteiger partial charge in [-0.1, -0.05) is 38.5 Å². The third-order valence-corrected chi connectivity index (χ3v) is 5.32. The second-order valence-corrected chi connectivity index (χ2v) is 8.11. The normalized spacial score (nSPS) is 17.7. The number of nitrogens with zero attached hydrogens (tertiary/aromatic N) is 1. The Hall–Kier alpha value is -1.67. The lowest BCUT2D eigenvalue weighted by Gasteiger charge is -2.30. The average molecular weight is 414 g/mol. The molecule has 3 N–H and O–H groups in total. The van der Waals surface area contributed by atoms with Gasteiger partial charge in [-0.3, -0.25) is 14.4 Å². The van der Waals surface area contributed by atoms with Crippen LogP contribution in [0.2, 0.25) is 0 Å². The molecule has 1 amide bonds. The molecule has 0 spiro atoms. The molecule has 2 fully saturated rings. The van der Waals surface area contributed by atoms with Gasteiger partial charge in [-0.25, -0.2) is 0 Å². The van der Waals surface area contributed by atoms with E-state index in [4.69, 9.17) is 5.11 Å². The van der Waals surface area contributed by atoms with Crippen molar-refractivity contribution in [3.8, 4) is 0 Å². The van der Waals surface area contributed by atoms with Gasteiger partial charge in [0.2, 0.25) is 0 Å². The first kappa shape index (κ1) is 25.4. The van der Waals surface area contributed by atoms with E-state index in [-0.39, 0.29) is 32.0 Å². The van der Waals surface area contributed by atoms with Crippen LogP contribution >= 0.6 is 0 Å². The Morgan fingerprint density at radius 3 is 1.90 bits per heavy atom. The molecule has 2 saturated carbocycles. The van der Waals surface area contributed by atoms with Crippen LogP contribution in [0.1, 0.15) is 70.6 Å². The maximum Gasteiger partial charge on any atom is 0.317 e. The van der Waals surface area contributed by atoms with Crippen molar-refractivity contribution in [2.75, 3.05) is 33.8 Å². The van der Waals surface area contributed by atoms with Crippen LogP contribution in [-0.2, 0) is 19.1 Å². The van der Waals surface area contributed by atoms with Crippen LogP contribution in [0.4, 0.5) is 0 Å². The molecule has 0 heterocycles. The van der Waals surface area contributed by atoms with Crippen LogP contribution < -0.4 is 10.6 Å². The second kappa shape index (κ2) is 15.2. The summed E-state index contributed by atoms with van der Waals surface area (Å²) in [5, 5.41) is 14.7. The van der Waals surface area contributed by atoms with Gasteiger partial charge in [0.05, 0.1) is 13.0 Å². The van der Waals surface area contributed by atoms with Crippen molar-refractivity contribution in [3.05, 3.63) is 0 Å². The number of ether oxygens (including phenoxy) is 1. The Bertz CT molecular complexity index is 471. The SMILES string of the molecule is C1CCC(NC2CCCCC2)CC1.CN(C)C(=O)COC(=O)CCNCC(=O)O. The predicted octanol–water partition coefficient (Wildman–Crippen LogP) is 1.92. The van der Waals surface area contributed by atoms with Gasteiger partial charge in [0, 0.05) is 32.7 Å². The zero-order chi connectivity index (χ0) is 21.5. The molecule has 0 aliphatic heterocycles. The zero-order valence-electron chi connectivity index (χ0n) is 18.1. The molecule has 0 aromatic rings. The number of nitrogens with one attached hydrogen (secondary N) is 2. The molecule has 8 heteroatoms. The van der Waals surface area contributed by atoms with Crippen molar-refractivity contribution in [2.24, 2.45) is 0 Å². The Balaban J connectivity index is 0.000000294. The standard InChI is InChI=1S/C12H23N.C9H16N2O5/c1-3-7-11(8-4-1)13-12-9-5-2-6-10-12;1-11(2)7(12)6-16-9(15)3-4-10-5-8(13)14/h11-13H,1-10H2;10H,3-6H2,1-2H3,(H,13,14). The Labute approximate surface area is 174 Å². The molecule has 29 heavy (non-hydrogen) atoms. The van der Waals surface area contributed by atoms with E-state index in [1.807, 2.05) is 0 Å². The first-order valence-electron chi connectivity index (χ1n) is 10.9. The van der Waals surface area contributed by atoms with Crippen LogP contribution in [0.15, 0.2) is 0 Å². The van der Waals surface area contributed by atoms with Gasteiger partial charge in [0.15, 0.2) is 6.61 Å². The third kappa shape index (κ3) is 13.2. The van der Waals surface area contributed by atoms with E-state index < -0.39 is 11.9 Å². The second-order valence-electron chi connectivity index (χ2n) is 8.11. The minimum Gasteiger partial charge on any atom is -0.480 e. The molecular formula is C21H39N3O5. The molecule has 8 nitrogen and oxygen atoms in total. The number of likely N-dealkylation sites (N-methyl/N-ethyl adjacent to an activating group) is 1. The van der Waals surface area contributed by atoms with Gasteiger partial charge in [0.25, 0.3) is 5.91 Å². The number of carboxylic acid groups (broad SMARTS) is 1. The van der Waals surface area contributed by atoms with Gasteiger partial charge in [-0.15, -0.1) is 0 Å². The summed E-state index contributed by atoms with van der Waals surface area (Å²) in [5.41, 5.74) is 0. The van der Waals surface area contributed by atoms with E-state index in [1.54, 1.807) is 14.1 Å². The molecule has 0 aromatic carbocycles. The van der Waals surface area contributed by atoms with Crippen LogP contribution in [0.25, 0.3) is 0 Å². The molecule has 2 aliphatic carbocycles.